The van der Waals surface area contributed by atoms with Gasteiger partial charge in [-0.1, -0.05) is 26.0 Å². The first kappa shape index (κ1) is 28.3. The van der Waals surface area contributed by atoms with Crippen LogP contribution < -0.4 is 15.0 Å². The summed E-state index contributed by atoms with van der Waals surface area (Å²) in [4.78, 5) is 18.6. The summed E-state index contributed by atoms with van der Waals surface area (Å²) in [5.41, 5.74) is 3.56. The van der Waals surface area contributed by atoms with E-state index in [0.717, 1.165) is 47.1 Å². The predicted octanol–water partition coefficient (Wildman–Crippen LogP) is 5.05. The summed E-state index contributed by atoms with van der Waals surface area (Å²) in [5.74, 6) is 2.19. The minimum atomic E-state index is -0.280. The highest BCUT2D eigenvalue weighted by Crippen LogP contribution is 2.30. The van der Waals surface area contributed by atoms with Crippen LogP contribution in [0.4, 0.5) is 0 Å². The second kappa shape index (κ2) is 12.0. The number of hydrogen-bond acceptors (Lipinski definition) is 7. The first-order valence-corrected chi connectivity index (χ1v) is 13.6. The summed E-state index contributed by atoms with van der Waals surface area (Å²) >= 11 is 0. The van der Waals surface area contributed by atoms with Crippen LogP contribution in [0.5, 0.6) is 11.5 Å². The van der Waals surface area contributed by atoms with Crippen LogP contribution in [-0.2, 0) is 24.9 Å². The summed E-state index contributed by atoms with van der Waals surface area (Å²) in [5, 5.41) is 13.8. The fraction of sp³-hybridized carbons (Fsp3) is 0.467. The van der Waals surface area contributed by atoms with Crippen LogP contribution in [0.15, 0.2) is 47.3 Å². The van der Waals surface area contributed by atoms with E-state index in [1.54, 1.807) is 14.2 Å². The van der Waals surface area contributed by atoms with Crippen molar-refractivity contribution in [3.63, 3.8) is 0 Å². The molecule has 0 saturated carbocycles. The number of aromatic nitrogens is 5. The van der Waals surface area contributed by atoms with E-state index in [1.807, 2.05) is 28.9 Å². The number of nitrogens with zero attached hydrogens (tertiary/aromatic N) is 5. The van der Waals surface area contributed by atoms with E-state index >= 15 is 0 Å². The van der Waals surface area contributed by atoms with Crippen molar-refractivity contribution in [1.82, 2.24) is 30.1 Å². The normalized spacial score (nSPS) is 12.7. The van der Waals surface area contributed by atoms with Crippen molar-refractivity contribution < 1.29 is 9.47 Å². The lowest BCUT2D eigenvalue weighted by molar-refractivity contribution is 0.163. The number of H-pyrrole nitrogens is 1. The quantitative estimate of drug-likeness (QED) is 0.289. The van der Waals surface area contributed by atoms with Crippen molar-refractivity contribution >= 4 is 10.9 Å². The third-order valence-corrected chi connectivity index (χ3v) is 7.16. The second-order valence-electron chi connectivity index (χ2n) is 10.9. The van der Waals surface area contributed by atoms with Crippen molar-refractivity contribution in [2.45, 2.75) is 72.0 Å². The first-order valence-electron chi connectivity index (χ1n) is 13.6. The number of aryl methyl sites for hydroxylation is 1. The highest BCUT2D eigenvalue weighted by atomic mass is 16.5. The molecule has 2 heterocycles. The smallest absolute Gasteiger partial charge is 0.252 e. The van der Waals surface area contributed by atoms with Crippen LogP contribution in [-0.4, -0.2) is 50.9 Å². The summed E-state index contributed by atoms with van der Waals surface area (Å²) in [6, 6.07) is 14.1. The van der Waals surface area contributed by atoms with Crippen LogP contribution in [0.2, 0.25) is 0 Å². The van der Waals surface area contributed by atoms with Gasteiger partial charge in [0.1, 0.15) is 0 Å². The van der Waals surface area contributed by atoms with Gasteiger partial charge in [-0.3, -0.25) is 9.69 Å². The lowest BCUT2D eigenvalue weighted by Gasteiger charge is -2.32. The van der Waals surface area contributed by atoms with Gasteiger partial charge in [0, 0.05) is 24.2 Å². The zero-order valence-corrected chi connectivity index (χ0v) is 24.1. The van der Waals surface area contributed by atoms with Gasteiger partial charge < -0.3 is 14.5 Å². The third-order valence-electron chi connectivity index (χ3n) is 7.16. The minimum absolute atomic E-state index is 0.0758. The molecule has 0 amide bonds. The molecule has 1 N–H and O–H groups in total. The molecule has 39 heavy (non-hydrogen) atoms. The Labute approximate surface area is 230 Å². The van der Waals surface area contributed by atoms with Gasteiger partial charge in [0.2, 0.25) is 0 Å². The average Bonchev–Trinajstić information content (AvgIpc) is 3.42. The van der Waals surface area contributed by atoms with E-state index in [9.17, 15) is 4.79 Å². The Balaban J connectivity index is 1.72. The maximum Gasteiger partial charge on any atom is 0.252 e. The Bertz CT molecular complexity index is 1470. The monoisotopic (exact) mass is 532 g/mol. The summed E-state index contributed by atoms with van der Waals surface area (Å²) in [6.45, 7) is 11.7. The molecular weight excluding hydrogens is 492 g/mol. The van der Waals surface area contributed by atoms with E-state index in [-0.39, 0.29) is 17.1 Å². The molecule has 0 aliphatic heterocycles. The van der Waals surface area contributed by atoms with Crippen molar-refractivity contribution in [2.24, 2.45) is 0 Å². The van der Waals surface area contributed by atoms with Gasteiger partial charge in [0.05, 0.1) is 25.8 Å². The molecule has 9 nitrogen and oxygen atoms in total. The largest absolute Gasteiger partial charge is 0.493 e. The number of ether oxygens (including phenoxy) is 2. The van der Waals surface area contributed by atoms with Crippen molar-refractivity contribution in [2.75, 3.05) is 20.8 Å². The van der Waals surface area contributed by atoms with Gasteiger partial charge in [-0.25, -0.2) is 4.68 Å². The molecule has 2 aromatic carbocycles. The van der Waals surface area contributed by atoms with E-state index < -0.39 is 0 Å². The van der Waals surface area contributed by atoms with Gasteiger partial charge in [-0.2, -0.15) is 0 Å². The van der Waals surface area contributed by atoms with Gasteiger partial charge in [0.15, 0.2) is 17.3 Å². The number of rotatable bonds is 11. The molecule has 2 aromatic heterocycles. The number of benzene rings is 2. The second-order valence-corrected chi connectivity index (χ2v) is 10.9. The summed E-state index contributed by atoms with van der Waals surface area (Å²) in [7, 11) is 3.28. The molecule has 4 rings (SSSR count). The maximum absolute atomic E-state index is 13.2. The van der Waals surface area contributed by atoms with E-state index in [0.29, 0.717) is 24.6 Å². The summed E-state index contributed by atoms with van der Waals surface area (Å²) in [6.07, 6.45) is 2.47. The van der Waals surface area contributed by atoms with E-state index in [4.69, 9.17) is 9.47 Å². The standard InChI is InChI=1S/C30H40N6O3/c1-8-20-10-12-24-22(16-20)18-23(29(37)31-24)19-35(15-14-21-11-13-26(38-6)27(17-21)39-7)25(9-2)28-32-33-34-36(28)30(3,4)5/h10-13,16-18,25H,8-9,14-15,19H2,1-7H3,(H,31,37)/t25-/m1/s1. The van der Waals surface area contributed by atoms with E-state index in [2.05, 4.69) is 78.2 Å². The Morgan fingerprint density at radius 1 is 1.00 bits per heavy atom. The molecule has 0 aliphatic rings. The Morgan fingerprint density at radius 3 is 2.41 bits per heavy atom. The number of aromatic amines is 1. The van der Waals surface area contributed by atoms with E-state index in [1.165, 1.54) is 5.56 Å². The zero-order valence-electron chi connectivity index (χ0n) is 24.1. The molecule has 0 spiro atoms. The van der Waals surface area contributed by atoms with Crippen LogP contribution in [0.3, 0.4) is 0 Å². The maximum atomic E-state index is 13.2. The lowest BCUT2D eigenvalue weighted by Crippen LogP contribution is -2.36. The topological polar surface area (TPSA) is 98.2 Å². The highest BCUT2D eigenvalue weighted by molar-refractivity contribution is 5.79. The number of methoxy groups -OCH3 is 2. The number of fused-ring (bicyclic) bond motifs is 1. The molecule has 1 atom stereocenters. The molecule has 0 aliphatic carbocycles. The fourth-order valence-electron chi connectivity index (χ4n) is 5.00. The molecule has 0 bridgehead atoms. The summed E-state index contributed by atoms with van der Waals surface area (Å²) < 4.78 is 12.8. The van der Waals surface area contributed by atoms with Gasteiger partial charge in [0.25, 0.3) is 5.56 Å². The number of pyridine rings is 1. The fourth-order valence-corrected chi connectivity index (χ4v) is 5.00. The molecular formula is C30H40N6O3. The molecule has 9 heteroatoms. The average molecular weight is 533 g/mol. The van der Waals surface area contributed by atoms with Crippen molar-refractivity contribution in [3.05, 3.63) is 75.3 Å². The van der Waals surface area contributed by atoms with Crippen LogP contribution >= 0.6 is 0 Å². The predicted molar refractivity (Wildman–Crippen MR) is 153 cm³/mol. The molecule has 0 unspecified atom stereocenters. The number of nitrogens with one attached hydrogen (secondary N) is 1. The van der Waals surface area contributed by atoms with Crippen molar-refractivity contribution in [1.29, 1.82) is 0 Å². The van der Waals surface area contributed by atoms with Gasteiger partial charge in [-0.15, -0.1) is 5.10 Å². The van der Waals surface area contributed by atoms with Gasteiger partial charge in [-0.05, 0) is 97.3 Å². The molecule has 0 radical (unpaired) electrons. The SMILES string of the molecule is CCc1ccc2[nH]c(=O)c(CN(CCc3ccc(OC)c(OC)c3)[C@H](CC)c3nnnn3C(C)(C)C)cc2c1. The highest BCUT2D eigenvalue weighted by Gasteiger charge is 2.29. The molecule has 4 aromatic rings. The van der Waals surface area contributed by atoms with Crippen molar-refractivity contribution in [3.8, 4) is 11.5 Å². The number of tetrazole rings is 1. The lowest BCUT2D eigenvalue weighted by atomic mass is 10.0. The molecule has 208 valence electrons. The third kappa shape index (κ3) is 6.30. The van der Waals surface area contributed by atoms with Crippen LogP contribution in [0, 0.1) is 0 Å². The van der Waals surface area contributed by atoms with Crippen LogP contribution in [0.25, 0.3) is 10.9 Å². The Hall–Kier alpha value is -3.72. The Kier molecular flexibility index (Phi) is 8.70. The molecule has 0 saturated heterocycles. The van der Waals surface area contributed by atoms with Crippen LogP contribution in [0.1, 0.15) is 69.6 Å². The van der Waals surface area contributed by atoms with Gasteiger partial charge >= 0.3 is 0 Å². The number of hydrogen-bond donors (Lipinski definition) is 1. The minimum Gasteiger partial charge on any atom is -0.493 e. The molecule has 0 fully saturated rings. The first-order chi connectivity index (χ1) is 18.7. The zero-order chi connectivity index (χ0) is 28.2. The Morgan fingerprint density at radius 2 is 1.74 bits per heavy atom.